The highest BCUT2D eigenvalue weighted by Gasteiger charge is 2.37. The molecule has 10 heteroatoms. The molecule has 1 atom stereocenters. The Morgan fingerprint density at radius 1 is 1.16 bits per heavy atom. The summed E-state index contributed by atoms with van der Waals surface area (Å²) in [5, 5.41) is 3.95. The first-order chi connectivity index (χ1) is 14.9. The maximum atomic E-state index is 13.0. The summed E-state index contributed by atoms with van der Waals surface area (Å²) in [5.41, 5.74) is 1.24. The number of aromatic nitrogens is 2. The second-order valence-corrected chi connectivity index (χ2v) is 9.26. The van der Waals surface area contributed by atoms with Crippen LogP contribution in [0, 0.1) is 0 Å². The van der Waals surface area contributed by atoms with Crippen molar-refractivity contribution >= 4 is 21.6 Å². The Kier molecular flexibility index (Phi) is 5.64. The number of likely N-dealkylation sites (N-methyl/N-ethyl adjacent to an activating group) is 1. The number of hydrogen-bond donors (Lipinski definition) is 0. The van der Waals surface area contributed by atoms with E-state index < -0.39 is 16.1 Å². The van der Waals surface area contributed by atoms with E-state index in [-0.39, 0.29) is 30.6 Å². The Labute approximate surface area is 180 Å². The molecule has 2 aromatic carbocycles. The Morgan fingerprint density at radius 3 is 2.61 bits per heavy atom. The van der Waals surface area contributed by atoms with Crippen molar-refractivity contribution in [2.45, 2.75) is 19.6 Å². The van der Waals surface area contributed by atoms with Crippen LogP contribution in [0.4, 0.5) is 5.69 Å². The molecule has 9 nitrogen and oxygen atoms in total. The second kappa shape index (κ2) is 8.38. The molecule has 1 aromatic heterocycles. The van der Waals surface area contributed by atoms with Crippen LogP contribution >= 0.6 is 0 Å². The first-order valence-corrected chi connectivity index (χ1v) is 11.4. The Balaban J connectivity index is 1.51. The van der Waals surface area contributed by atoms with Gasteiger partial charge in [0.15, 0.2) is 6.10 Å². The van der Waals surface area contributed by atoms with Crippen LogP contribution in [0.15, 0.2) is 59.1 Å². The molecule has 0 spiro atoms. The highest BCUT2D eigenvalue weighted by atomic mass is 32.2. The zero-order chi connectivity index (χ0) is 22.0. The van der Waals surface area contributed by atoms with Crippen LogP contribution in [-0.2, 0) is 21.4 Å². The van der Waals surface area contributed by atoms with Crippen LogP contribution in [-0.4, -0.2) is 54.8 Å². The molecule has 0 radical (unpaired) electrons. The van der Waals surface area contributed by atoms with E-state index in [1.165, 1.54) is 9.21 Å². The van der Waals surface area contributed by atoms with Crippen LogP contribution in [0.3, 0.4) is 0 Å². The number of carbonyl (C=O) groups excluding carboxylic acids is 1. The maximum absolute atomic E-state index is 13.0. The van der Waals surface area contributed by atoms with Crippen LogP contribution < -0.4 is 9.04 Å². The summed E-state index contributed by atoms with van der Waals surface area (Å²) < 4.78 is 37.5. The summed E-state index contributed by atoms with van der Waals surface area (Å²) in [6.45, 7) is 1.53. The zero-order valence-electron chi connectivity index (χ0n) is 17.1. The number of benzene rings is 2. The zero-order valence-corrected chi connectivity index (χ0v) is 17.9. The summed E-state index contributed by atoms with van der Waals surface area (Å²) in [7, 11) is -1.99. The smallest absolute Gasteiger partial charge is 0.265 e. The number of amides is 1. The van der Waals surface area contributed by atoms with Gasteiger partial charge in [0, 0.05) is 12.6 Å². The molecule has 0 saturated carbocycles. The van der Waals surface area contributed by atoms with Crippen LogP contribution in [0.2, 0.25) is 0 Å². The number of fused-ring (bicyclic) bond motifs is 1. The van der Waals surface area contributed by atoms with E-state index in [2.05, 4.69) is 10.1 Å². The molecule has 3 aromatic rings. The molecule has 0 fully saturated rings. The third kappa shape index (κ3) is 4.24. The van der Waals surface area contributed by atoms with Gasteiger partial charge in [-0.25, -0.2) is 8.42 Å². The minimum Gasteiger partial charge on any atom is -0.476 e. The van der Waals surface area contributed by atoms with E-state index >= 15 is 0 Å². The van der Waals surface area contributed by atoms with E-state index in [4.69, 9.17) is 9.26 Å². The number of sulfonamides is 1. The Hall–Kier alpha value is -3.40. The topological polar surface area (TPSA) is 106 Å². The molecule has 0 bridgehead atoms. The lowest BCUT2D eigenvalue weighted by atomic mass is 10.2. The third-order valence-electron chi connectivity index (χ3n) is 4.96. The van der Waals surface area contributed by atoms with Gasteiger partial charge in [0.1, 0.15) is 5.75 Å². The number of rotatable bonds is 6. The molecule has 1 aliphatic heterocycles. The number of ether oxygens (including phenoxy) is 1. The molecule has 162 valence electrons. The van der Waals surface area contributed by atoms with Crippen molar-refractivity contribution in [2.24, 2.45) is 0 Å². The lowest BCUT2D eigenvalue weighted by molar-refractivity contribution is -0.138. The van der Waals surface area contributed by atoms with Gasteiger partial charge in [0.25, 0.3) is 5.91 Å². The second-order valence-electron chi connectivity index (χ2n) is 7.08. The summed E-state index contributed by atoms with van der Waals surface area (Å²) in [6.07, 6.45) is -0.988. The molecular formula is C21H22N4O5S. The normalized spacial score (nSPS) is 15.8. The molecule has 0 N–H and O–H groups in total. The fourth-order valence-electron chi connectivity index (χ4n) is 3.30. The minimum atomic E-state index is -3.57. The van der Waals surface area contributed by atoms with Gasteiger partial charge in [0.05, 0.1) is 24.5 Å². The molecular weight excluding hydrogens is 420 g/mol. The van der Waals surface area contributed by atoms with Crippen molar-refractivity contribution < 1.29 is 22.5 Å². The van der Waals surface area contributed by atoms with Gasteiger partial charge in [-0.05, 0) is 19.1 Å². The predicted octanol–water partition coefficient (Wildman–Crippen LogP) is 2.31. The van der Waals surface area contributed by atoms with E-state index in [1.54, 1.807) is 38.2 Å². The van der Waals surface area contributed by atoms with Gasteiger partial charge in [-0.2, -0.15) is 4.98 Å². The van der Waals surface area contributed by atoms with E-state index in [0.29, 0.717) is 17.3 Å². The van der Waals surface area contributed by atoms with Crippen LogP contribution in [0.5, 0.6) is 5.75 Å². The number of carbonyl (C=O) groups is 1. The molecule has 0 aliphatic carbocycles. The first-order valence-electron chi connectivity index (χ1n) is 9.78. The molecule has 1 amide bonds. The van der Waals surface area contributed by atoms with Crippen molar-refractivity contribution in [3.05, 3.63) is 60.5 Å². The number of anilines is 1. The first kappa shape index (κ1) is 20.9. The Bertz CT molecular complexity index is 1180. The molecule has 0 saturated heterocycles. The average Bonchev–Trinajstić information content (AvgIpc) is 3.26. The monoisotopic (exact) mass is 442 g/mol. The highest BCUT2D eigenvalue weighted by molar-refractivity contribution is 7.92. The lowest BCUT2D eigenvalue weighted by Gasteiger charge is -2.35. The van der Waals surface area contributed by atoms with Crippen molar-refractivity contribution in [1.82, 2.24) is 15.0 Å². The predicted molar refractivity (Wildman–Crippen MR) is 114 cm³/mol. The molecule has 31 heavy (non-hydrogen) atoms. The van der Waals surface area contributed by atoms with Crippen molar-refractivity contribution in [2.75, 3.05) is 23.7 Å². The summed E-state index contributed by atoms with van der Waals surface area (Å²) in [4.78, 5) is 18.8. The summed E-state index contributed by atoms with van der Waals surface area (Å²) >= 11 is 0. The van der Waals surface area contributed by atoms with Gasteiger partial charge in [-0.3, -0.25) is 9.10 Å². The van der Waals surface area contributed by atoms with E-state index in [1.807, 2.05) is 30.3 Å². The summed E-state index contributed by atoms with van der Waals surface area (Å²) in [6, 6.07) is 16.1. The molecule has 1 aliphatic rings. The fourth-order valence-corrected chi connectivity index (χ4v) is 4.42. The van der Waals surface area contributed by atoms with Crippen molar-refractivity contribution in [1.29, 1.82) is 0 Å². The maximum Gasteiger partial charge on any atom is 0.265 e. The average molecular weight is 442 g/mol. The molecule has 2 heterocycles. The van der Waals surface area contributed by atoms with E-state index in [0.717, 1.165) is 5.56 Å². The standard InChI is InChI=1S/C21H22N4O5S/c1-3-31(27,28)25-13-18(29-17-12-8-7-11-16(17)25)21(26)24(2)14-19-22-20(23-30-19)15-9-5-4-6-10-15/h4-12,18H,3,13-14H2,1-2H3. The van der Waals surface area contributed by atoms with Gasteiger partial charge in [-0.1, -0.05) is 47.6 Å². The molecule has 1 unspecified atom stereocenters. The van der Waals surface area contributed by atoms with Crippen LogP contribution in [0.1, 0.15) is 12.8 Å². The fraction of sp³-hybridized carbons (Fsp3) is 0.286. The number of nitrogens with zero attached hydrogens (tertiary/aromatic N) is 4. The van der Waals surface area contributed by atoms with Crippen LogP contribution in [0.25, 0.3) is 11.4 Å². The van der Waals surface area contributed by atoms with Crippen molar-refractivity contribution in [3.8, 4) is 17.1 Å². The van der Waals surface area contributed by atoms with Gasteiger partial charge < -0.3 is 14.2 Å². The van der Waals surface area contributed by atoms with Gasteiger partial charge >= 0.3 is 0 Å². The Morgan fingerprint density at radius 2 is 1.87 bits per heavy atom. The largest absolute Gasteiger partial charge is 0.476 e. The number of hydrogen-bond acceptors (Lipinski definition) is 7. The third-order valence-corrected chi connectivity index (χ3v) is 6.71. The van der Waals surface area contributed by atoms with Gasteiger partial charge in [0.2, 0.25) is 21.7 Å². The lowest BCUT2D eigenvalue weighted by Crippen LogP contribution is -2.51. The summed E-state index contributed by atoms with van der Waals surface area (Å²) in [5.74, 6) is 0.581. The SMILES string of the molecule is CCS(=O)(=O)N1CC(C(=O)N(C)Cc2nc(-c3ccccc3)no2)Oc2ccccc21. The number of para-hydroxylation sites is 2. The van der Waals surface area contributed by atoms with E-state index in [9.17, 15) is 13.2 Å². The molecule has 4 rings (SSSR count). The minimum absolute atomic E-state index is 0.0701. The highest BCUT2D eigenvalue weighted by Crippen LogP contribution is 2.35. The van der Waals surface area contributed by atoms with Gasteiger partial charge in [-0.15, -0.1) is 0 Å². The van der Waals surface area contributed by atoms with Crippen molar-refractivity contribution in [3.63, 3.8) is 0 Å². The quantitative estimate of drug-likeness (QED) is 0.577.